The summed E-state index contributed by atoms with van der Waals surface area (Å²) in [5.74, 6) is 2.83. The molecule has 0 bridgehead atoms. The minimum Gasteiger partial charge on any atom is -0.497 e. The molecule has 4 rings (SSSR count). The van der Waals surface area contributed by atoms with Gasteiger partial charge in [0.15, 0.2) is 16.7 Å². The van der Waals surface area contributed by atoms with Gasteiger partial charge in [-0.3, -0.25) is 9.36 Å². The standard InChI is InChI=1S/C24H24N4O4S/c1-4-28-23(21-6-5-13-32-21)26-27-24(28)33-15-22(29)25-17-9-12-20(31-3)19(14-17)16-7-10-18(30-2)11-8-16/h5-14H,4,15H2,1-3H3,(H,25,29). The fourth-order valence-electron chi connectivity index (χ4n) is 3.38. The number of hydrogen-bond donors (Lipinski definition) is 1. The molecule has 2 heterocycles. The van der Waals surface area contributed by atoms with Gasteiger partial charge in [-0.25, -0.2) is 0 Å². The van der Waals surface area contributed by atoms with E-state index in [4.69, 9.17) is 13.9 Å². The molecular formula is C24H24N4O4S. The fourth-order valence-corrected chi connectivity index (χ4v) is 4.18. The molecule has 0 aliphatic rings. The zero-order valence-corrected chi connectivity index (χ0v) is 19.4. The SMILES string of the molecule is CCn1c(SCC(=O)Nc2ccc(OC)c(-c3ccc(OC)cc3)c2)nnc1-c1ccco1. The maximum Gasteiger partial charge on any atom is 0.234 e. The molecule has 0 fully saturated rings. The number of thioether (sulfide) groups is 1. The highest BCUT2D eigenvalue weighted by molar-refractivity contribution is 7.99. The number of benzene rings is 2. The predicted octanol–water partition coefficient (Wildman–Crippen LogP) is 4.97. The normalized spacial score (nSPS) is 10.8. The van der Waals surface area contributed by atoms with Crippen molar-refractivity contribution in [3.63, 3.8) is 0 Å². The van der Waals surface area contributed by atoms with Crippen molar-refractivity contribution < 1.29 is 18.7 Å². The van der Waals surface area contributed by atoms with Crippen LogP contribution in [0.2, 0.25) is 0 Å². The van der Waals surface area contributed by atoms with E-state index in [-0.39, 0.29) is 11.7 Å². The Morgan fingerprint density at radius 3 is 2.58 bits per heavy atom. The van der Waals surface area contributed by atoms with E-state index in [0.717, 1.165) is 16.9 Å². The third-order valence-electron chi connectivity index (χ3n) is 4.99. The summed E-state index contributed by atoms with van der Waals surface area (Å²) in [6.45, 7) is 2.66. The maximum atomic E-state index is 12.7. The highest BCUT2D eigenvalue weighted by Crippen LogP contribution is 2.33. The Balaban J connectivity index is 1.46. The minimum atomic E-state index is -0.143. The second-order valence-corrected chi connectivity index (χ2v) is 7.95. The lowest BCUT2D eigenvalue weighted by Crippen LogP contribution is -2.14. The summed E-state index contributed by atoms with van der Waals surface area (Å²) in [6.07, 6.45) is 1.60. The minimum absolute atomic E-state index is 0.143. The highest BCUT2D eigenvalue weighted by Gasteiger charge is 2.16. The number of methoxy groups -OCH3 is 2. The van der Waals surface area contributed by atoms with Gasteiger partial charge in [0.05, 0.1) is 26.2 Å². The Morgan fingerprint density at radius 1 is 1.09 bits per heavy atom. The quantitative estimate of drug-likeness (QED) is 0.350. The Bertz CT molecular complexity index is 1220. The molecule has 8 nitrogen and oxygen atoms in total. The van der Waals surface area contributed by atoms with Crippen molar-refractivity contribution in [2.75, 3.05) is 25.3 Å². The summed E-state index contributed by atoms with van der Waals surface area (Å²) < 4.78 is 18.1. The maximum absolute atomic E-state index is 12.7. The van der Waals surface area contributed by atoms with E-state index in [9.17, 15) is 4.79 Å². The second-order valence-electron chi connectivity index (χ2n) is 7.01. The van der Waals surface area contributed by atoms with Crippen molar-refractivity contribution >= 4 is 23.4 Å². The van der Waals surface area contributed by atoms with Crippen molar-refractivity contribution in [3.05, 3.63) is 60.9 Å². The highest BCUT2D eigenvalue weighted by atomic mass is 32.2. The molecule has 0 spiro atoms. The molecule has 33 heavy (non-hydrogen) atoms. The van der Waals surface area contributed by atoms with Crippen LogP contribution in [0.5, 0.6) is 11.5 Å². The van der Waals surface area contributed by atoms with Crippen LogP contribution in [0.1, 0.15) is 6.92 Å². The van der Waals surface area contributed by atoms with Crippen LogP contribution >= 0.6 is 11.8 Å². The Hall–Kier alpha value is -3.72. The first-order chi connectivity index (χ1) is 16.1. The smallest absolute Gasteiger partial charge is 0.234 e. The van der Waals surface area contributed by atoms with Crippen molar-refractivity contribution in [3.8, 4) is 34.2 Å². The third-order valence-corrected chi connectivity index (χ3v) is 5.96. The monoisotopic (exact) mass is 464 g/mol. The average molecular weight is 465 g/mol. The van der Waals surface area contributed by atoms with E-state index in [2.05, 4.69) is 15.5 Å². The summed E-state index contributed by atoms with van der Waals surface area (Å²) in [7, 11) is 3.25. The number of ether oxygens (including phenoxy) is 2. The first-order valence-electron chi connectivity index (χ1n) is 10.3. The first-order valence-corrected chi connectivity index (χ1v) is 11.3. The predicted molar refractivity (Wildman–Crippen MR) is 128 cm³/mol. The van der Waals surface area contributed by atoms with E-state index in [1.165, 1.54) is 11.8 Å². The summed E-state index contributed by atoms with van der Waals surface area (Å²) in [4.78, 5) is 12.7. The molecule has 170 valence electrons. The van der Waals surface area contributed by atoms with Gasteiger partial charge in [-0.15, -0.1) is 10.2 Å². The Morgan fingerprint density at radius 2 is 1.91 bits per heavy atom. The number of anilines is 1. The van der Waals surface area contributed by atoms with Crippen LogP contribution in [0.15, 0.2) is 70.4 Å². The zero-order valence-electron chi connectivity index (χ0n) is 18.6. The lowest BCUT2D eigenvalue weighted by atomic mass is 10.0. The van der Waals surface area contributed by atoms with Gasteiger partial charge in [0, 0.05) is 17.8 Å². The number of nitrogens with one attached hydrogen (secondary N) is 1. The van der Waals surface area contributed by atoms with E-state index in [1.807, 2.05) is 60.0 Å². The molecule has 1 N–H and O–H groups in total. The molecule has 0 atom stereocenters. The number of carbonyl (C=O) groups excluding carboxylic acids is 1. The van der Waals surface area contributed by atoms with Gasteiger partial charge >= 0.3 is 0 Å². The van der Waals surface area contributed by atoms with E-state index in [0.29, 0.717) is 34.7 Å². The second kappa shape index (κ2) is 10.3. The Labute approximate surface area is 195 Å². The van der Waals surface area contributed by atoms with E-state index < -0.39 is 0 Å². The lowest BCUT2D eigenvalue weighted by molar-refractivity contribution is -0.113. The molecule has 0 saturated carbocycles. The van der Waals surface area contributed by atoms with Gasteiger partial charge in [-0.1, -0.05) is 23.9 Å². The molecule has 0 unspecified atom stereocenters. The van der Waals surface area contributed by atoms with Crippen LogP contribution in [-0.2, 0) is 11.3 Å². The molecule has 9 heteroatoms. The molecule has 2 aromatic heterocycles. The van der Waals surface area contributed by atoms with Crippen molar-refractivity contribution in [1.82, 2.24) is 14.8 Å². The number of aromatic nitrogens is 3. The molecular weight excluding hydrogens is 440 g/mol. The van der Waals surface area contributed by atoms with Crippen LogP contribution in [-0.4, -0.2) is 40.6 Å². The van der Waals surface area contributed by atoms with Crippen LogP contribution < -0.4 is 14.8 Å². The number of furan rings is 1. The van der Waals surface area contributed by atoms with Gasteiger partial charge < -0.3 is 19.2 Å². The fraction of sp³-hybridized carbons (Fsp3) is 0.208. The number of rotatable bonds is 9. The Kier molecular flexibility index (Phi) is 6.99. The van der Waals surface area contributed by atoms with Gasteiger partial charge in [0.1, 0.15) is 11.5 Å². The number of amides is 1. The molecule has 0 aliphatic carbocycles. The van der Waals surface area contributed by atoms with Crippen LogP contribution in [0.3, 0.4) is 0 Å². The zero-order chi connectivity index (χ0) is 23.2. The van der Waals surface area contributed by atoms with Gasteiger partial charge in [-0.2, -0.15) is 0 Å². The van der Waals surface area contributed by atoms with Crippen LogP contribution in [0.4, 0.5) is 5.69 Å². The summed E-state index contributed by atoms with van der Waals surface area (Å²) in [6, 6.07) is 16.9. The molecule has 1 amide bonds. The molecule has 0 saturated heterocycles. The van der Waals surface area contributed by atoms with Gasteiger partial charge in [0.2, 0.25) is 5.91 Å². The van der Waals surface area contributed by atoms with Crippen LogP contribution in [0, 0.1) is 0 Å². The largest absolute Gasteiger partial charge is 0.497 e. The summed E-state index contributed by atoms with van der Waals surface area (Å²) in [5.41, 5.74) is 2.51. The average Bonchev–Trinajstić information content (AvgIpc) is 3.52. The molecule has 0 radical (unpaired) electrons. The molecule has 4 aromatic rings. The van der Waals surface area contributed by atoms with Gasteiger partial charge in [-0.05, 0) is 55.0 Å². The molecule has 2 aromatic carbocycles. The third kappa shape index (κ3) is 5.04. The lowest BCUT2D eigenvalue weighted by Gasteiger charge is -2.12. The van der Waals surface area contributed by atoms with Crippen molar-refractivity contribution in [2.45, 2.75) is 18.6 Å². The number of carbonyl (C=O) groups is 1. The summed E-state index contributed by atoms with van der Waals surface area (Å²) >= 11 is 1.33. The first kappa shape index (κ1) is 22.5. The number of nitrogens with zero attached hydrogens (tertiary/aromatic N) is 3. The number of hydrogen-bond acceptors (Lipinski definition) is 7. The van der Waals surface area contributed by atoms with E-state index in [1.54, 1.807) is 26.5 Å². The van der Waals surface area contributed by atoms with Crippen molar-refractivity contribution in [2.24, 2.45) is 0 Å². The summed E-state index contributed by atoms with van der Waals surface area (Å²) in [5, 5.41) is 12.0. The van der Waals surface area contributed by atoms with Crippen molar-refractivity contribution in [1.29, 1.82) is 0 Å². The van der Waals surface area contributed by atoms with Crippen LogP contribution in [0.25, 0.3) is 22.7 Å². The molecule has 0 aliphatic heterocycles. The van der Waals surface area contributed by atoms with Gasteiger partial charge in [0.25, 0.3) is 0 Å². The topological polar surface area (TPSA) is 91.4 Å². The van der Waals surface area contributed by atoms with E-state index >= 15 is 0 Å².